The highest BCUT2D eigenvalue weighted by molar-refractivity contribution is 7.71. The van der Waals surface area contributed by atoms with Crippen molar-refractivity contribution in [3.63, 3.8) is 0 Å². The van der Waals surface area contributed by atoms with Gasteiger partial charge in [0.2, 0.25) is 5.95 Å². The second-order valence-electron chi connectivity index (χ2n) is 3.62. The van der Waals surface area contributed by atoms with Crippen molar-refractivity contribution in [2.45, 2.75) is 6.54 Å². The van der Waals surface area contributed by atoms with Gasteiger partial charge in [-0.3, -0.25) is 9.36 Å². The summed E-state index contributed by atoms with van der Waals surface area (Å²) in [6.45, 7) is 0.216. The van der Waals surface area contributed by atoms with E-state index in [9.17, 15) is 4.79 Å². The molecule has 0 bridgehead atoms. The van der Waals surface area contributed by atoms with Gasteiger partial charge in [-0.1, -0.05) is 11.6 Å². The largest absolute Gasteiger partial charge is 0.276 e. The average molecular weight is 267 g/mol. The van der Waals surface area contributed by atoms with E-state index >= 15 is 0 Å². The van der Waals surface area contributed by atoms with Gasteiger partial charge in [0.25, 0.3) is 5.91 Å². The lowest BCUT2D eigenvalue weighted by Gasteiger charge is -2.13. The Morgan fingerprint density at radius 2 is 2.06 bits per heavy atom. The van der Waals surface area contributed by atoms with Crippen LogP contribution in [0.3, 0.4) is 0 Å². The lowest BCUT2D eigenvalue weighted by molar-refractivity contribution is -0.117. The van der Waals surface area contributed by atoms with E-state index in [-0.39, 0.29) is 12.5 Å². The molecule has 0 aliphatic carbocycles. The molecule has 1 aliphatic heterocycles. The molecule has 17 heavy (non-hydrogen) atoms. The van der Waals surface area contributed by atoms with Gasteiger partial charge in [0.15, 0.2) is 4.77 Å². The first kappa shape index (κ1) is 10.5. The molecule has 1 N–H and O–H groups in total. The highest BCUT2D eigenvalue weighted by atomic mass is 35.5. The lowest BCUT2D eigenvalue weighted by Crippen LogP contribution is -2.21. The highest BCUT2D eigenvalue weighted by Crippen LogP contribution is 2.29. The Morgan fingerprint density at radius 1 is 1.35 bits per heavy atom. The van der Waals surface area contributed by atoms with E-state index in [2.05, 4.69) is 10.2 Å². The van der Waals surface area contributed by atoms with Gasteiger partial charge in [0, 0.05) is 5.02 Å². The summed E-state index contributed by atoms with van der Waals surface area (Å²) in [5.74, 6) is 0.456. The summed E-state index contributed by atoms with van der Waals surface area (Å²) in [7, 11) is 0. The van der Waals surface area contributed by atoms with E-state index in [1.165, 1.54) is 4.90 Å². The second kappa shape index (κ2) is 3.68. The van der Waals surface area contributed by atoms with Crippen LogP contribution in [0.2, 0.25) is 5.02 Å². The van der Waals surface area contributed by atoms with Crippen LogP contribution in [0, 0.1) is 4.77 Å². The fourth-order valence-corrected chi connectivity index (χ4v) is 2.11. The van der Waals surface area contributed by atoms with Crippen LogP contribution in [-0.2, 0) is 11.3 Å². The van der Waals surface area contributed by atoms with Crippen molar-refractivity contribution in [2.75, 3.05) is 4.90 Å². The minimum absolute atomic E-state index is 0.0603. The maximum atomic E-state index is 11.9. The molecule has 0 atom stereocenters. The summed E-state index contributed by atoms with van der Waals surface area (Å²) >= 11 is 10.8. The normalized spacial score (nSPS) is 14.2. The van der Waals surface area contributed by atoms with Gasteiger partial charge in [-0.25, -0.2) is 10.00 Å². The molecule has 0 unspecified atom stereocenters. The van der Waals surface area contributed by atoms with Gasteiger partial charge in [-0.05, 0) is 36.5 Å². The van der Waals surface area contributed by atoms with Crippen molar-refractivity contribution in [1.82, 2.24) is 14.8 Å². The SMILES string of the molecule is O=C1Cn2c(n[nH]c2=S)N1c1ccc(Cl)cc1. The van der Waals surface area contributed by atoms with E-state index in [1.54, 1.807) is 28.8 Å². The second-order valence-corrected chi connectivity index (χ2v) is 4.44. The van der Waals surface area contributed by atoms with Crippen LogP contribution in [0.4, 0.5) is 11.6 Å². The maximum Gasteiger partial charge on any atom is 0.254 e. The molecule has 0 fully saturated rings. The summed E-state index contributed by atoms with van der Waals surface area (Å²) in [6, 6.07) is 7.00. The molecule has 5 nitrogen and oxygen atoms in total. The molecule has 0 saturated carbocycles. The molecular weight excluding hydrogens is 260 g/mol. The third kappa shape index (κ3) is 1.57. The number of carbonyl (C=O) groups excluding carboxylic acids is 1. The van der Waals surface area contributed by atoms with Crippen LogP contribution in [0.15, 0.2) is 24.3 Å². The molecule has 1 aromatic heterocycles. The fraction of sp³-hybridized carbons (Fsp3) is 0.100. The number of amides is 1. The maximum absolute atomic E-state index is 11.9. The number of aromatic amines is 1. The Morgan fingerprint density at radius 3 is 2.76 bits per heavy atom. The lowest BCUT2D eigenvalue weighted by atomic mass is 10.3. The quantitative estimate of drug-likeness (QED) is 0.806. The molecule has 0 radical (unpaired) electrons. The number of H-pyrrole nitrogens is 1. The third-order valence-electron chi connectivity index (χ3n) is 2.57. The van der Waals surface area contributed by atoms with Crippen LogP contribution in [0.25, 0.3) is 0 Å². The summed E-state index contributed by atoms with van der Waals surface area (Å²) in [4.78, 5) is 13.4. The number of halogens is 1. The highest BCUT2D eigenvalue weighted by Gasteiger charge is 2.30. The number of nitrogens with one attached hydrogen (secondary N) is 1. The smallest absolute Gasteiger partial charge is 0.254 e. The van der Waals surface area contributed by atoms with E-state index in [1.807, 2.05) is 0 Å². The Labute approximate surface area is 107 Å². The van der Waals surface area contributed by atoms with E-state index < -0.39 is 0 Å². The molecule has 1 aromatic carbocycles. The van der Waals surface area contributed by atoms with Crippen molar-refractivity contribution in [3.8, 4) is 0 Å². The fourth-order valence-electron chi connectivity index (χ4n) is 1.79. The minimum Gasteiger partial charge on any atom is -0.276 e. The topological polar surface area (TPSA) is 53.9 Å². The predicted molar refractivity (Wildman–Crippen MR) is 66.0 cm³/mol. The van der Waals surface area contributed by atoms with Gasteiger partial charge in [0.05, 0.1) is 5.69 Å². The zero-order valence-corrected chi connectivity index (χ0v) is 10.1. The number of rotatable bonds is 1. The van der Waals surface area contributed by atoms with Gasteiger partial charge in [-0.2, -0.15) is 0 Å². The first-order chi connectivity index (χ1) is 8.16. The molecule has 86 valence electrons. The van der Waals surface area contributed by atoms with E-state index in [0.717, 1.165) is 5.69 Å². The number of hydrogen-bond donors (Lipinski definition) is 1. The number of fused-ring (bicyclic) bond motifs is 1. The molecule has 7 heteroatoms. The van der Waals surface area contributed by atoms with Crippen molar-refractivity contribution in [2.24, 2.45) is 0 Å². The summed E-state index contributed by atoms with van der Waals surface area (Å²) in [5.41, 5.74) is 0.729. The first-order valence-corrected chi connectivity index (χ1v) is 5.69. The number of anilines is 2. The van der Waals surface area contributed by atoms with Crippen molar-refractivity contribution in [1.29, 1.82) is 0 Å². The zero-order chi connectivity index (χ0) is 12.0. The van der Waals surface area contributed by atoms with Crippen LogP contribution < -0.4 is 4.90 Å². The molecule has 0 saturated heterocycles. The van der Waals surface area contributed by atoms with E-state index in [0.29, 0.717) is 15.7 Å². The monoisotopic (exact) mass is 266 g/mol. The Kier molecular flexibility index (Phi) is 2.27. The third-order valence-corrected chi connectivity index (χ3v) is 3.13. The molecule has 3 rings (SSSR count). The molecule has 0 spiro atoms. The summed E-state index contributed by atoms with van der Waals surface area (Å²) in [5, 5.41) is 7.34. The molecule has 2 heterocycles. The molecule has 1 amide bonds. The van der Waals surface area contributed by atoms with Gasteiger partial charge in [0.1, 0.15) is 6.54 Å². The molecule has 2 aromatic rings. The van der Waals surface area contributed by atoms with Crippen molar-refractivity contribution < 1.29 is 4.79 Å². The Balaban J connectivity index is 2.12. The van der Waals surface area contributed by atoms with E-state index in [4.69, 9.17) is 23.8 Å². The summed E-state index contributed by atoms with van der Waals surface area (Å²) in [6.07, 6.45) is 0. The molecular formula is C10H7ClN4OS. The minimum atomic E-state index is -0.0603. The number of carbonyl (C=O) groups is 1. The number of benzene rings is 1. The van der Waals surface area contributed by atoms with Crippen LogP contribution in [0.1, 0.15) is 0 Å². The number of aromatic nitrogens is 3. The van der Waals surface area contributed by atoms with Crippen molar-refractivity contribution in [3.05, 3.63) is 34.1 Å². The van der Waals surface area contributed by atoms with Crippen LogP contribution >= 0.6 is 23.8 Å². The number of hydrogen-bond acceptors (Lipinski definition) is 3. The first-order valence-electron chi connectivity index (χ1n) is 4.90. The van der Waals surface area contributed by atoms with Gasteiger partial charge < -0.3 is 0 Å². The average Bonchev–Trinajstić information content (AvgIpc) is 2.81. The van der Waals surface area contributed by atoms with Gasteiger partial charge >= 0.3 is 0 Å². The number of nitrogens with zero attached hydrogens (tertiary/aromatic N) is 3. The Bertz CT molecular complexity index is 645. The predicted octanol–water partition coefficient (Wildman–Crippen LogP) is 2.27. The van der Waals surface area contributed by atoms with Gasteiger partial charge in [-0.15, -0.1) is 5.10 Å². The molecule has 1 aliphatic rings. The Hall–Kier alpha value is -1.66. The van der Waals surface area contributed by atoms with Crippen LogP contribution in [0.5, 0.6) is 0 Å². The van der Waals surface area contributed by atoms with Crippen molar-refractivity contribution >= 4 is 41.4 Å². The van der Waals surface area contributed by atoms with Crippen LogP contribution in [-0.4, -0.2) is 20.7 Å². The zero-order valence-electron chi connectivity index (χ0n) is 8.55. The standard InChI is InChI=1S/C10H7ClN4OS/c11-6-1-3-7(4-2-6)15-8(16)5-14-9(15)12-13-10(14)17/h1-4H,5H2,(H,13,17). The summed E-state index contributed by atoms with van der Waals surface area (Å²) < 4.78 is 2.11.